The normalized spacial score (nSPS) is 26.4. The highest BCUT2D eigenvalue weighted by Crippen LogP contribution is 2.57. The number of hydrogen-bond donors (Lipinski definition) is 1. The van der Waals surface area contributed by atoms with E-state index in [2.05, 4.69) is 24.3 Å². The zero-order valence-corrected chi connectivity index (χ0v) is 14.8. The van der Waals surface area contributed by atoms with Gasteiger partial charge in [-0.3, -0.25) is 9.79 Å². The lowest BCUT2D eigenvalue weighted by atomic mass is 9.60. The van der Waals surface area contributed by atoms with Crippen LogP contribution in [0.2, 0.25) is 0 Å². The Kier molecular flexibility index (Phi) is 3.50. The summed E-state index contributed by atoms with van der Waals surface area (Å²) in [6, 6.07) is 18.2. The van der Waals surface area contributed by atoms with Gasteiger partial charge >= 0.3 is 0 Å². The van der Waals surface area contributed by atoms with Gasteiger partial charge in [0.05, 0.1) is 12.0 Å². The number of hydrogen-bond acceptors (Lipinski definition) is 3. The molecule has 1 heterocycles. The summed E-state index contributed by atoms with van der Waals surface area (Å²) >= 11 is 0. The van der Waals surface area contributed by atoms with Gasteiger partial charge in [-0.15, -0.1) is 0 Å². The molecule has 5 rings (SSSR count). The Bertz CT molecular complexity index is 883. The van der Waals surface area contributed by atoms with Crippen molar-refractivity contribution in [3.05, 3.63) is 71.3 Å². The van der Waals surface area contributed by atoms with Gasteiger partial charge in [0.15, 0.2) is 5.84 Å². The van der Waals surface area contributed by atoms with Crippen LogP contribution in [-0.2, 0) is 11.2 Å². The van der Waals surface area contributed by atoms with E-state index in [1.54, 1.807) is 0 Å². The fourth-order valence-corrected chi connectivity index (χ4v) is 5.34. The summed E-state index contributed by atoms with van der Waals surface area (Å²) in [6.45, 7) is 0. The Morgan fingerprint density at radius 2 is 1.69 bits per heavy atom. The van der Waals surface area contributed by atoms with Crippen LogP contribution < -0.4 is 5.84 Å². The number of hydrazine groups is 1. The molecule has 4 nitrogen and oxygen atoms in total. The summed E-state index contributed by atoms with van der Waals surface area (Å²) in [5.74, 6) is 6.76. The van der Waals surface area contributed by atoms with Crippen molar-refractivity contribution in [2.45, 2.75) is 38.1 Å². The van der Waals surface area contributed by atoms with Gasteiger partial charge in [-0.25, -0.2) is 10.9 Å². The summed E-state index contributed by atoms with van der Waals surface area (Å²) in [5, 5.41) is 1.31. The molecule has 2 N–H and O–H groups in total. The molecule has 1 aliphatic heterocycles. The number of nitrogens with two attached hydrogens (primary N) is 1. The molecule has 132 valence electrons. The molecule has 0 bridgehead atoms. The van der Waals surface area contributed by atoms with Crippen LogP contribution in [0.25, 0.3) is 0 Å². The largest absolute Gasteiger partial charge is 0.273 e. The molecule has 26 heavy (non-hydrogen) atoms. The average molecular weight is 345 g/mol. The Hall–Kier alpha value is -2.46. The lowest BCUT2D eigenvalue weighted by Gasteiger charge is -2.48. The van der Waals surface area contributed by atoms with Crippen LogP contribution in [0.1, 0.15) is 48.4 Å². The van der Waals surface area contributed by atoms with Gasteiger partial charge in [-0.05, 0) is 35.8 Å². The number of fused-ring (bicyclic) bond motifs is 4. The maximum Gasteiger partial charge on any atom is 0.248 e. The van der Waals surface area contributed by atoms with E-state index in [0.29, 0.717) is 5.84 Å². The Balaban J connectivity index is 1.71. The van der Waals surface area contributed by atoms with Crippen molar-refractivity contribution < 1.29 is 4.79 Å². The minimum Gasteiger partial charge on any atom is -0.273 e. The number of nitrogens with zero attached hydrogens (tertiary/aromatic N) is 2. The predicted molar refractivity (Wildman–Crippen MR) is 101 cm³/mol. The van der Waals surface area contributed by atoms with Gasteiger partial charge < -0.3 is 0 Å². The second-order valence-electron chi connectivity index (χ2n) is 7.89. The summed E-state index contributed by atoms with van der Waals surface area (Å²) in [6.07, 6.45) is 5.55. The minimum absolute atomic E-state index is 0.0133. The van der Waals surface area contributed by atoms with E-state index in [-0.39, 0.29) is 23.3 Å². The molecule has 0 radical (unpaired) electrons. The standard InChI is InChI=1S/C22H23N3O/c23-25-20(15-8-2-1-3-9-15)24-19-17-11-5-4-10-16(17)14-22(12-6-7-13-22)18(19)21(25)26/h1-5,8-11,18-19H,6-7,12-14,23H2/t18-,19+/m0/s1. The first-order valence-electron chi connectivity index (χ1n) is 9.49. The van der Waals surface area contributed by atoms with Crippen molar-refractivity contribution in [1.82, 2.24) is 5.01 Å². The van der Waals surface area contributed by atoms with Crippen LogP contribution in [0.3, 0.4) is 0 Å². The molecule has 1 spiro atoms. The fraction of sp³-hybridized carbons (Fsp3) is 0.364. The molecule has 0 aromatic heterocycles. The smallest absolute Gasteiger partial charge is 0.248 e. The van der Waals surface area contributed by atoms with E-state index in [4.69, 9.17) is 10.8 Å². The summed E-state index contributed by atoms with van der Waals surface area (Å²) in [7, 11) is 0. The minimum atomic E-state index is -0.141. The zero-order valence-electron chi connectivity index (χ0n) is 14.8. The third-order valence-corrected chi connectivity index (χ3v) is 6.52. The third-order valence-electron chi connectivity index (χ3n) is 6.52. The summed E-state index contributed by atoms with van der Waals surface area (Å²) in [4.78, 5) is 18.5. The molecule has 1 fully saturated rings. The highest BCUT2D eigenvalue weighted by molar-refractivity contribution is 6.10. The second-order valence-corrected chi connectivity index (χ2v) is 7.89. The second kappa shape index (κ2) is 5.78. The number of amides is 1. The quantitative estimate of drug-likeness (QED) is 0.634. The van der Waals surface area contributed by atoms with Crippen molar-refractivity contribution in [1.29, 1.82) is 0 Å². The molecule has 4 heteroatoms. The summed E-state index contributed by atoms with van der Waals surface area (Å²) in [5.41, 5.74) is 3.46. The van der Waals surface area contributed by atoms with Gasteiger partial charge in [0.25, 0.3) is 0 Å². The van der Waals surface area contributed by atoms with Gasteiger partial charge in [0, 0.05) is 5.56 Å². The lowest BCUT2D eigenvalue weighted by molar-refractivity contribution is -0.139. The highest BCUT2D eigenvalue weighted by atomic mass is 16.2. The molecule has 0 saturated heterocycles. The van der Waals surface area contributed by atoms with Crippen molar-refractivity contribution in [3.63, 3.8) is 0 Å². The number of carbonyl (C=O) groups is 1. The van der Waals surface area contributed by atoms with E-state index in [1.807, 2.05) is 30.3 Å². The van der Waals surface area contributed by atoms with Crippen LogP contribution in [-0.4, -0.2) is 16.8 Å². The average Bonchev–Trinajstić information content (AvgIpc) is 3.13. The van der Waals surface area contributed by atoms with Crippen LogP contribution in [0.5, 0.6) is 0 Å². The molecule has 2 aromatic carbocycles. The maximum atomic E-state index is 13.4. The number of benzene rings is 2. The van der Waals surface area contributed by atoms with Gasteiger partial charge in [0.2, 0.25) is 5.91 Å². The topological polar surface area (TPSA) is 58.7 Å². The molecule has 0 unspecified atom stereocenters. The van der Waals surface area contributed by atoms with E-state index >= 15 is 0 Å². The third kappa shape index (κ3) is 2.18. The Morgan fingerprint density at radius 3 is 2.46 bits per heavy atom. The lowest BCUT2D eigenvalue weighted by Crippen LogP contribution is -2.56. The number of aliphatic imine (C=N–C) groups is 1. The van der Waals surface area contributed by atoms with Crippen LogP contribution in [0.4, 0.5) is 0 Å². The van der Waals surface area contributed by atoms with Gasteiger partial charge in [0.1, 0.15) is 0 Å². The summed E-state index contributed by atoms with van der Waals surface area (Å²) < 4.78 is 0. The molecule has 1 amide bonds. The van der Waals surface area contributed by atoms with E-state index < -0.39 is 0 Å². The monoisotopic (exact) mass is 345 g/mol. The first-order chi connectivity index (χ1) is 12.7. The molecule has 1 saturated carbocycles. The van der Waals surface area contributed by atoms with E-state index in [9.17, 15) is 4.79 Å². The molecular weight excluding hydrogens is 322 g/mol. The van der Waals surface area contributed by atoms with E-state index in [0.717, 1.165) is 24.8 Å². The van der Waals surface area contributed by atoms with Crippen LogP contribution in [0.15, 0.2) is 59.6 Å². The first kappa shape index (κ1) is 15.8. The maximum absolute atomic E-state index is 13.4. The number of carbonyl (C=O) groups excluding carboxylic acids is 1. The van der Waals surface area contributed by atoms with Crippen molar-refractivity contribution in [2.75, 3.05) is 0 Å². The zero-order chi connectivity index (χ0) is 17.7. The molecule has 2 aromatic rings. The molecular formula is C22H23N3O. The predicted octanol–water partition coefficient (Wildman–Crippen LogP) is 3.62. The van der Waals surface area contributed by atoms with Crippen LogP contribution in [0, 0.1) is 11.3 Å². The molecule has 3 aliphatic rings. The van der Waals surface area contributed by atoms with Crippen molar-refractivity contribution in [2.24, 2.45) is 22.2 Å². The number of amidine groups is 1. The number of rotatable bonds is 1. The van der Waals surface area contributed by atoms with Crippen molar-refractivity contribution in [3.8, 4) is 0 Å². The molecule has 2 atom stereocenters. The highest BCUT2D eigenvalue weighted by Gasteiger charge is 2.55. The van der Waals surface area contributed by atoms with Crippen molar-refractivity contribution >= 4 is 11.7 Å². The first-order valence-corrected chi connectivity index (χ1v) is 9.49. The Morgan fingerprint density at radius 1 is 1.00 bits per heavy atom. The fourth-order valence-electron chi connectivity index (χ4n) is 5.34. The van der Waals surface area contributed by atoms with E-state index in [1.165, 1.54) is 29.0 Å². The SMILES string of the molecule is NN1C(=O)[C@@H]2[C@H](N=C1c1ccccc1)c1ccccc1CC21CCCC1. The molecule has 2 aliphatic carbocycles. The van der Waals surface area contributed by atoms with Gasteiger partial charge in [-0.1, -0.05) is 67.4 Å². The van der Waals surface area contributed by atoms with Crippen LogP contribution >= 0.6 is 0 Å². The van der Waals surface area contributed by atoms with Gasteiger partial charge in [-0.2, -0.15) is 0 Å². The Labute approximate surface area is 153 Å².